The van der Waals surface area contributed by atoms with Gasteiger partial charge in [0.2, 0.25) is 6.41 Å². The normalized spacial score (nSPS) is 17.6. The molecule has 0 fully saturated rings. The predicted octanol–water partition coefficient (Wildman–Crippen LogP) is 4.75. The van der Waals surface area contributed by atoms with Gasteiger partial charge in [0, 0.05) is 58.6 Å². The lowest BCUT2D eigenvalue weighted by Gasteiger charge is -2.34. The third kappa shape index (κ3) is 12.5. The molecule has 8 nitrogen and oxygen atoms in total. The Labute approximate surface area is 212 Å². The molecule has 0 aromatic rings. The van der Waals surface area contributed by atoms with Crippen LogP contribution in [0.4, 0.5) is 0 Å². The van der Waals surface area contributed by atoms with Crippen molar-refractivity contribution in [2.75, 3.05) is 21.3 Å². The molecule has 8 heteroatoms. The molecular formula is C27H49NO7. The summed E-state index contributed by atoms with van der Waals surface area (Å²) in [7, 11) is 5.00. The molecule has 0 spiro atoms. The van der Waals surface area contributed by atoms with Crippen LogP contribution in [0.3, 0.4) is 0 Å². The van der Waals surface area contributed by atoms with Gasteiger partial charge in [-0.3, -0.25) is 14.4 Å². The van der Waals surface area contributed by atoms with Gasteiger partial charge >= 0.3 is 11.9 Å². The number of rotatable bonds is 19. The lowest BCUT2D eigenvalue weighted by Crippen LogP contribution is -2.38. The molecule has 35 heavy (non-hydrogen) atoms. The quantitative estimate of drug-likeness (QED) is 0.187. The topological polar surface area (TPSA) is 91.4 Å². The predicted molar refractivity (Wildman–Crippen MR) is 137 cm³/mol. The fraction of sp³-hybridized carbons (Fsp3) is 0.815. The van der Waals surface area contributed by atoms with Gasteiger partial charge in [-0.05, 0) is 25.2 Å². The number of esters is 2. The minimum Gasteiger partial charge on any atom is -0.462 e. The van der Waals surface area contributed by atoms with Gasteiger partial charge in [-0.25, -0.2) is 0 Å². The van der Waals surface area contributed by atoms with Crippen molar-refractivity contribution in [3.05, 3.63) is 12.3 Å². The summed E-state index contributed by atoms with van der Waals surface area (Å²) in [5.74, 6) is -0.340. The zero-order valence-corrected chi connectivity index (χ0v) is 23.3. The summed E-state index contributed by atoms with van der Waals surface area (Å²) < 4.78 is 23.0. The highest BCUT2D eigenvalue weighted by Gasteiger charge is 2.32. The Morgan fingerprint density at radius 1 is 0.886 bits per heavy atom. The molecular weight excluding hydrogens is 450 g/mol. The van der Waals surface area contributed by atoms with Crippen molar-refractivity contribution in [3.8, 4) is 0 Å². The van der Waals surface area contributed by atoms with Crippen molar-refractivity contribution in [1.29, 1.82) is 0 Å². The van der Waals surface area contributed by atoms with E-state index in [2.05, 4.69) is 6.92 Å². The number of amides is 1. The van der Waals surface area contributed by atoms with Crippen LogP contribution in [0.1, 0.15) is 80.1 Å². The smallest absolute Gasteiger partial charge is 0.305 e. The van der Waals surface area contributed by atoms with E-state index in [4.69, 9.17) is 18.9 Å². The van der Waals surface area contributed by atoms with Gasteiger partial charge < -0.3 is 23.8 Å². The second-order valence-electron chi connectivity index (χ2n) is 9.35. The van der Waals surface area contributed by atoms with E-state index in [9.17, 15) is 14.4 Å². The molecule has 204 valence electrons. The number of hydrogen-bond acceptors (Lipinski definition) is 7. The lowest BCUT2D eigenvalue weighted by molar-refractivity contribution is -0.155. The molecule has 0 bridgehead atoms. The van der Waals surface area contributed by atoms with Gasteiger partial charge in [-0.15, -0.1) is 0 Å². The van der Waals surface area contributed by atoms with E-state index in [0.29, 0.717) is 25.7 Å². The fourth-order valence-corrected chi connectivity index (χ4v) is 4.22. The van der Waals surface area contributed by atoms with Crippen molar-refractivity contribution in [1.82, 2.24) is 4.90 Å². The summed E-state index contributed by atoms with van der Waals surface area (Å²) in [6, 6.07) is 0. The van der Waals surface area contributed by atoms with Crippen molar-refractivity contribution >= 4 is 18.3 Å². The highest BCUT2D eigenvalue weighted by atomic mass is 16.6. The molecule has 0 aliphatic rings. The maximum absolute atomic E-state index is 12.2. The Balaban J connectivity index is 5.39. The van der Waals surface area contributed by atoms with Crippen LogP contribution in [0.2, 0.25) is 0 Å². The second-order valence-corrected chi connectivity index (χ2v) is 9.35. The Hall–Kier alpha value is -1.93. The molecule has 0 aromatic carbocycles. The maximum atomic E-state index is 12.2. The minimum atomic E-state index is -0.327. The number of hydrogen-bond donors (Lipinski definition) is 0. The first-order valence-electron chi connectivity index (χ1n) is 12.9. The lowest BCUT2D eigenvalue weighted by atomic mass is 9.84. The molecule has 7 atom stereocenters. The molecule has 0 rings (SSSR count). The monoisotopic (exact) mass is 499 g/mol. The van der Waals surface area contributed by atoms with Gasteiger partial charge in [0.25, 0.3) is 0 Å². The van der Waals surface area contributed by atoms with Crippen LogP contribution in [-0.4, -0.2) is 68.9 Å². The van der Waals surface area contributed by atoms with E-state index >= 15 is 0 Å². The third-order valence-electron chi connectivity index (χ3n) is 6.64. The van der Waals surface area contributed by atoms with Crippen molar-refractivity contribution in [2.24, 2.45) is 17.8 Å². The standard InChI is InChI=1S/C27H49NO7/c1-10-22(34-25(30)11-2)17-24(32-8)19(4)13-14-23(35-26(31)12-3)21(6)27(33-9)20(5)15-16-28(7)18-29/h15-16,18-24,27H,10-14,17H2,1-9H3/b16-15+/t19-,20+,21-,22+,23+,24-,27+/m0/s1. The van der Waals surface area contributed by atoms with Gasteiger partial charge in [0.15, 0.2) is 0 Å². The van der Waals surface area contributed by atoms with Crippen LogP contribution in [0, 0.1) is 17.8 Å². The highest BCUT2D eigenvalue weighted by Crippen LogP contribution is 2.29. The van der Waals surface area contributed by atoms with Crippen molar-refractivity contribution in [2.45, 2.75) is 104 Å². The van der Waals surface area contributed by atoms with Crippen LogP contribution < -0.4 is 0 Å². The van der Waals surface area contributed by atoms with Gasteiger partial charge in [0.05, 0.1) is 12.2 Å². The Kier molecular flexibility index (Phi) is 17.3. The first-order valence-corrected chi connectivity index (χ1v) is 12.9. The zero-order chi connectivity index (χ0) is 27.0. The largest absolute Gasteiger partial charge is 0.462 e. The Bertz CT molecular complexity index is 639. The molecule has 0 N–H and O–H groups in total. The van der Waals surface area contributed by atoms with Crippen LogP contribution in [0.5, 0.6) is 0 Å². The molecule has 0 radical (unpaired) electrons. The van der Waals surface area contributed by atoms with Gasteiger partial charge in [0.1, 0.15) is 12.2 Å². The van der Waals surface area contributed by atoms with Crippen LogP contribution in [0.25, 0.3) is 0 Å². The average molecular weight is 500 g/mol. The number of methoxy groups -OCH3 is 2. The van der Waals surface area contributed by atoms with E-state index < -0.39 is 0 Å². The zero-order valence-electron chi connectivity index (χ0n) is 23.3. The SMILES string of the molecule is CCC(=O)O[C@H](CC)C[C@H](OC)[C@@H](C)CC[C@@H](OC(=O)CC)[C@H](C)[C@H](OC)[C@H](C)/C=C/N(C)C=O. The molecule has 0 aromatic heterocycles. The summed E-state index contributed by atoms with van der Waals surface area (Å²) in [4.78, 5) is 36.3. The summed E-state index contributed by atoms with van der Waals surface area (Å²) in [5, 5.41) is 0. The first kappa shape index (κ1) is 33.1. The van der Waals surface area contributed by atoms with Gasteiger partial charge in [-0.2, -0.15) is 0 Å². The highest BCUT2D eigenvalue weighted by molar-refractivity contribution is 5.69. The third-order valence-corrected chi connectivity index (χ3v) is 6.64. The van der Waals surface area contributed by atoms with E-state index in [-0.39, 0.29) is 54.1 Å². The summed E-state index contributed by atoms with van der Waals surface area (Å²) in [6.45, 7) is 11.7. The Morgan fingerprint density at radius 2 is 1.49 bits per heavy atom. The molecule has 0 unspecified atom stereocenters. The summed E-state index contributed by atoms with van der Waals surface area (Å²) in [5.41, 5.74) is 0. The average Bonchev–Trinajstić information content (AvgIpc) is 2.86. The molecule has 0 aliphatic carbocycles. The van der Waals surface area contributed by atoms with Gasteiger partial charge in [-0.1, -0.05) is 47.6 Å². The van der Waals surface area contributed by atoms with Crippen molar-refractivity contribution in [3.63, 3.8) is 0 Å². The first-order chi connectivity index (χ1) is 16.6. The molecule has 0 saturated heterocycles. The molecule has 0 heterocycles. The van der Waals surface area contributed by atoms with E-state index in [0.717, 1.165) is 19.3 Å². The maximum Gasteiger partial charge on any atom is 0.305 e. The van der Waals surface area contributed by atoms with Crippen molar-refractivity contribution < 1.29 is 33.3 Å². The molecule has 0 aliphatic heterocycles. The summed E-state index contributed by atoms with van der Waals surface area (Å²) >= 11 is 0. The van der Waals surface area contributed by atoms with Crippen LogP contribution in [-0.2, 0) is 33.3 Å². The number of nitrogens with zero attached hydrogens (tertiary/aromatic N) is 1. The summed E-state index contributed by atoms with van der Waals surface area (Å²) in [6.07, 6.45) is 7.02. The number of ether oxygens (including phenoxy) is 4. The van der Waals surface area contributed by atoms with Crippen LogP contribution in [0.15, 0.2) is 12.3 Å². The number of carbonyl (C=O) groups excluding carboxylic acids is 3. The van der Waals surface area contributed by atoms with Crippen LogP contribution >= 0.6 is 0 Å². The second kappa shape index (κ2) is 18.4. The van der Waals surface area contributed by atoms with E-state index in [1.165, 1.54) is 4.90 Å². The molecule has 1 amide bonds. The molecule has 0 saturated carbocycles. The van der Waals surface area contributed by atoms with E-state index in [1.54, 1.807) is 41.3 Å². The Morgan fingerprint density at radius 3 is 1.97 bits per heavy atom. The number of carbonyl (C=O) groups is 3. The fourth-order valence-electron chi connectivity index (χ4n) is 4.22. The van der Waals surface area contributed by atoms with E-state index in [1.807, 2.05) is 26.8 Å². The minimum absolute atomic E-state index is 0.00272.